The van der Waals surface area contributed by atoms with Gasteiger partial charge in [0.1, 0.15) is 0 Å². The lowest BCUT2D eigenvalue weighted by molar-refractivity contribution is 0.0387. The molecule has 7 nitrogen and oxygen atoms in total. The van der Waals surface area contributed by atoms with Crippen LogP contribution >= 0.6 is 0 Å². The van der Waals surface area contributed by atoms with Gasteiger partial charge in [0.05, 0.1) is 19.3 Å². The van der Waals surface area contributed by atoms with Crippen molar-refractivity contribution in [2.45, 2.75) is 19.4 Å². The van der Waals surface area contributed by atoms with Crippen LogP contribution in [-0.2, 0) is 11.3 Å². The molecule has 0 saturated carbocycles. The van der Waals surface area contributed by atoms with Gasteiger partial charge in [-0.25, -0.2) is 0 Å². The minimum absolute atomic E-state index is 0.103. The molecule has 1 aliphatic heterocycles. The first-order valence-corrected chi connectivity index (χ1v) is 6.64. The van der Waals surface area contributed by atoms with Gasteiger partial charge in [0.2, 0.25) is 0 Å². The van der Waals surface area contributed by atoms with Crippen LogP contribution in [0.5, 0.6) is 0 Å². The molecule has 1 atom stereocenters. The molecule has 0 spiro atoms. The fourth-order valence-electron chi connectivity index (χ4n) is 2.26. The van der Waals surface area contributed by atoms with Crippen molar-refractivity contribution >= 4 is 5.91 Å². The Morgan fingerprint density at radius 3 is 3.21 bits per heavy atom. The smallest absolute Gasteiger partial charge is 0.275 e. The van der Waals surface area contributed by atoms with Crippen LogP contribution in [0.4, 0.5) is 0 Å². The van der Waals surface area contributed by atoms with Crippen LogP contribution < -0.4 is 5.73 Å². The Bertz CT molecular complexity index is 414. The Labute approximate surface area is 112 Å². The minimum Gasteiger partial charge on any atom is -0.381 e. The average molecular weight is 267 g/mol. The second-order valence-electron chi connectivity index (χ2n) is 4.92. The third-order valence-electron chi connectivity index (χ3n) is 3.25. The van der Waals surface area contributed by atoms with E-state index in [1.165, 1.54) is 0 Å². The lowest BCUT2D eigenvalue weighted by atomic mass is 10.0. The van der Waals surface area contributed by atoms with Crippen molar-refractivity contribution in [2.24, 2.45) is 11.7 Å². The second-order valence-corrected chi connectivity index (χ2v) is 4.92. The third kappa shape index (κ3) is 3.74. The van der Waals surface area contributed by atoms with Crippen LogP contribution in [0.3, 0.4) is 0 Å². The molecule has 2 heterocycles. The summed E-state index contributed by atoms with van der Waals surface area (Å²) in [5.41, 5.74) is 5.80. The fourth-order valence-corrected chi connectivity index (χ4v) is 2.26. The van der Waals surface area contributed by atoms with E-state index in [1.807, 2.05) is 0 Å². The van der Waals surface area contributed by atoms with Gasteiger partial charge >= 0.3 is 0 Å². The molecule has 1 aromatic rings. The highest BCUT2D eigenvalue weighted by Crippen LogP contribution is 2.15. The number of carbonyl (C=O) groups excluding carboxylic acids is 1. The number of nitrogens with two attached hydrogens (primary N) is 1. The van der Waals surface area contributed by atoms with Crippen LogP contribution in [0.15, 0.2) is 6.20 Å². The molecule has 1 saturated heterocycles. The van der Waals surface area contributed by atoms with Crippen LogP contribution in [0.1, 0.15) is 23.3 Å². The van der Waals surface area contributed by atoms with Crippen molar-refractivity contribution in [1.82, 2.24) is 19.9 Å². The van der Waals surface area contributed by atoms with Crippen molar-refractivity contribution in [1.29, 1.82) is 0 Å². The number of amides is 1. The zero-order chi connectivity index (χ0) is 13.7. The summed E-state index contributed by atoms with van der Waals surface area (Å²) in [6.07, 6.45) is 3.82. The molecule has 1 unspecified atom stereocenters. The van der Waals surface area contributed by atoms with E-state index in [1.54, 1.807) is 22.8 Å². The molecule has 7 heteroatoms. The molecular formula is C12H21N5O2. The molecule has 2 rings (SSSR count). The standard InChI is InChI=1S/C12H21N5O2/c1-16(7-10-3-2-6-19-9-10)12(18)11-8-17(5-4-13)15-14-11/h8,10H,2-7,9,13H2,1H3. The van der Waals surface area contributed by atoms with Gasteiger partial charge in [-0.2, -0.15) is 0 Å². The van der Waals surface area contributed by atoms with Gasteiger partial charge in [-0.1, -0.05) is 5.21 Å². The largest absolute Gasteiger partial charge is 0.381 e. The normalized spacial score (nSPS) is 19.4. The first-order valence-electron chi connectivity index (χ1n) is 6.64. The van der Waals surface area contributed by atoms with E-state index in [0.29, 0.717) is 31.2 Å². The molecule has 0 bridgehead atoms. The summed E-state index contributed by atoms with van der Waals surface area (Å²) in [5, 5.41) is 7.75. The van der Waals surface area contributed by atoms with E-state index in [4.69, 9.17) is 10.5 Å². The summed E-state index contributed by atoms with van der Waals surface area (Å²) in [6.45, 7) is 3.31. The molecule has 1 fully saturated rings. The fraction of sp³-hybridized carbons (Fsp3) is 0.750. The van der Waals surface area contributed by atoms with Gasteiger partial charge in [-0.05, 0) is 18.8 Å². The maximum Gasteiger partial charge on any atom is 0.275 e. The van der Waals surface area contributed by atoms with Crippen LogP contribution in [0.25, 0.3) is 0 Å². The number of nitrogens with zero attached hydrogens (tertiary/aromatic N) is 4. The summed E-state index contributed by atoms with van der Waals surface area (Å²) >= 11 is 0. The average Bonchev–Trinajstić information content (AvgIpc) is 2.88. The molecule has 1 amide bonds. The number of carbonyl (C=O) groups is 1. The quantitative estimate of drug-likeness (QED) is 0.794. The van der Waals surface area contributed by atoms with Crippen molar-refractivity contribution in [3.63, 3.8) is 0 Å². The van der Waals surface area contributed by atoms with Gasteiger partial charge in [0.15, 0.2) is 5.69 Å². The maximum atomic E-state index is 12.2. The monoisotopic (exact) mass is 267 g/mol. The predicted molar refractivity (Wildman–Crippen MR) is 69.6 cm³/mol. The lowest BCUT2D eigenvalue weighted by Gasteiger charge is -2.26. The van der Waals surface area contributed by atoms with Gasteiger partial charge in [-0.15, -0.1) is 5.10 Å². The van der Waals surface area contributed by atoms with E-state index in [2.05, 4.69) is 10.3 Å². The van der Waals surface area contributed by atoms with E-state index in [0.717, 1.165) is 26.1 Å². The Hall–Kier alpha value is -1.47. The number of rotatable bonds is 5. The molecule has 0 aromatic carbocycles. The number of hydrogen-bond donors (Lipinski definition) is 1. The van der Waals surface area contributed by atoms with Crippen molar-refractivity contribution in [3.8, 4) is 0 Å². The van der Waals surface area contributed by atoms with E-state index >= 15 is 0 Å². The van der Waals surface area contributed by atoms with Gasteiger partial charge in [0.25, 0.3) is 5.91 Å². The van der Waals surface area contributed by atoms with Gasteiger partial charge < -0.3 is 15.4 Å². The summed E-state index contributed by atoms with van der Waals surface area (Å²) in [5.74, 6) is 0.315. The van der Waals surface area contributed by atoms with Crippen LogP contribution in [-0.4, -0.2) is 59.2 Å². The lowest BCUT2D eigenvalue weighted by Crippen LogP contribution is -2.35. The Kier molecular flexibility index (Phi) is 4.86. The predicted octanol–water partition coefficient (Wildman–Crippen LogP) is -0.265. The van der Waals surface area contributed by atoms with Crippen LogP contribution in [0.2, 0.25) is 0 Å². The topological polar surface area (TPSA) is 86.3 Å². The zero-order valence-corrected chi connectivity index (χ0v) is 11.3. The minimum atomic E-state index is -0.103. The summed E-state index contributed by atoms with van der Waals surface area (Å²) in [6, 6.07) is 0. The highest BCUT2D eigenvalue weighted by molar-refractivity contribution is 5.91. The Morgan fingerprint density at radius 2 is 2.53 bits per heavy atom. The summed E-state index contributed by atoms with van der Waals surface area (Å²) < 4.78 is 7.01. The first-order chi connectivity index (χ1) is 9.20. The van der Waals surface area contributed by atoms with Gasteiger partial charge in [0, 0.05) is 26.7 Å². The molecule has 0 aliphatic carbocycles. The molecule has 1 aromatic heterocycles. The number of ether oxygens (including phenoxy) is 1. The van der Waals surface area contributed by atoms with Gasteiger partial charge in [-0.3, -0.25) is 9.48 Å². The van der Waals surface area contributed by atoms with E-state index in [-0.39, 0.29) is 5.91 Å². The van der Waals surface area contributed by atoms with Crippen molar-refractivity contribution in [3.05, 3.63) is 11.9 Å². The molecule has 19 heavy (non-hydrogen) atoms. The van der Waals surface area contributed by atoms with Crippen LogP contribution in [0, 0.1) is 5.92 Å². The number of hydrogen-bond acceptors (Lipinski definition) is 5. The molecule has 1 aliphatic rings. The SMILES string of the molecule is CN(CC1CCCOC1)C(=O)c1cn(CCN)nn1. The third-order valence-corrected chi connectivity index (χ3v) is 3.25. The Morgan fingerprint density at radius 1 is 1.68 bits per heavy atom. The molecular weight excluding hydrogens is 246 g/mol. The molecule has 106 valence electrons. The number of aromatic nitrogens is 3. The highest BCUT2D eigenvalue weighted by Gasteiger charge is 2.21. The molecule has 0 radical (unpaired) electrons. The zero-order valence-electron chi connectivity index (χ0n) is 11.3. The summed E-state index contributed by atoms with van der Waals surface area (Å²) in [4.78, 5) is 13.9. The highest BCUT2D eigenvalue weighted by atomic mass is 16.5. The second kappa shape index (κ2) is 6.63. The first kappa shape index (κ1) is 14.0. The van der Waals surface area contributed by atoms with Crippen molar-refractivity contribution < 1.29 is 9.53 Å². The summed E-state index contributed by atoms with van der Waals surface area (Å²) in [7, 11) is 1.79. The maximum absolute atomic E-state index is 12.2. The van der Waals surface area contributed by atoms with E-state index < -0.39 is 0 Å². The van der Waals surface area contributed by atoms with E-state index in [9.17, 15) is 4.79 Å². The molecule has 2 N–H and O–H groups in total. The van der Waals surface area contributed by atoms with Crippen molar-refractivity contribution in [2.75, 3.05) is 33.4 Å². The Balaban J connectivity index is 1.89.